The first-order valence-corrected chi connectivity index (χ1v) is 6.14. The van der Waals surface area contributed by atoms with Gasteiger partial charge in [0.2, 0.25) is 0 Å². The molecule has 1 saturated carbocycles. The number of hydrogen-bond acceptors (Lipinski definition) is 2. The van der Waals surface area contributed by atoms with Crippen LogP contribution in [0.15, 0.2) is 28.7 Å². The van der Waals surface area contributed by atoms with Gasteiger partial charge in [-0.05, 0) is 37.5 Å². The molecule has 0 aromatic heterocycles. The maximum Gasteiger partial charge on any atom is 0.0570 e. The number of hydrogen-bond donors (Lipinski definition) is 2. The molecule has 1 atom stereocenters. The van der Waals surface area contributed by atoms with Gasteiger partial charge in [-0.15, -0.1) is 0 Å². The molecule has 1 fully saturated rings. The lowest BCUT2D eigenvalue weighted by Crippen LogP contribution is -2.45. The predicted molar refractivity (Wildman–Crippen MR) is 64.7 cm³/mol. The van der Waals surface area contributed by atoms with Crippen molar-refractivity contribution in [1.82, 2.24) is 5.32 Å². The van der Waals surface area contributed by atoms with E-state index in [2.05, 4.69) is 40.3 Å². The molecule has 0 saturated heterocycles. The van der Waals surface area contributed by atoms with Gasteiger partial charge in [-0.2, -0.15) is 0 Å². The summed E-state index contributed by atoms with van der Waals surface area (Å²) in [6, 6.07) is 9.16. The topological polar surface area (TPSA) is 32.3 Å². The summed E-state index contributed by atoms with van der Waals surface area (Å²) in [7, 11) is 0. The molecule has 1 unspecified atom stereocenters. The van der Waals surface area contributed by atoms with Crippen LogP contribution in [-0.4, -0.2) is 17.3 Å². The maximum atomic E-state index is 9.20. The van der Waals surface area contributed by atoms with Crippen molar-refractivity contribution in [2.45, 2.75) is 38.0 Å². The number of aliphatic hydroxyl groups excluding tert-OH is 1. The molecule has 15 heavy (non-hydrogen) atoms. The highest BCUT2D eigenvalue weighted by Crippen LogP contribution is 2.24. The van der Waals surface area contributed by atoms with Crippen molar-refractivity contribution < 1.29 is 5.11 Å². The number of nitrogens with one attached hydrogen (secondary N) is 1. The largest absolute Gasteiger partial charge is 0.393 e. The summed E-state index contributed by atoms with van der Waals surface area (Å²) in [5, 5.41) is 12.7. The van der Waals surface area contributed by atoms with Gasteiger partial charge in [0.25, 0.3) is 0 Å². The Bertz CT molecular complexity index is 336. The molecule has 2 rings (SSSR count). The third kappa shape index (κ3) is 2.80. The van der Waals surface area contributed by atoms with Gasteiger partial charge in [-0.3, -0.25) is 0 Å². The van der Waals surface area contributed by atoms with Crippen LogP contribution in [0.5, 0.6) is 0 Å². The van der Waals surface area contributed by atoms with Crippen molar-refractivity contribution in [3.05, 3.63) is 34.3 Å². The number of benzene rings is 1. The second-order valence-corrected chi connectivity index (χ2v) is 5.18. The van der Waals surface area contributed by atoms with Crippen LogP contribution < -0.4 is 5.32 Å². The van der Waals surface area contributed by atoms with Gasteiger partial charge in [0.1, 0.15) is 0 Å². The van der Waals surface area contributed by atoms with Gasteiger partial charge in [0.15, 0.2) is 0 Å². The SMILES string of the molecule is CC(NC1CC(O)C1)c1cccc(Br)c1. The molecular formula is C12H16BrNO. The van der Waals surface area contributed by atoms with E-state index >= 15 is 0 Å². The lowest BCUT2D eigenvalue weighted by atomic mass is 9.88. The van der Waals surface area contributed by atoms with Crippen LogP contribution in [0.4, 0.5) is 0 Å². The Kier molecular flexibility index (Phi) is 3.44. The van der Waals surface area contributed by atoms with Crippen LogP contribution in [-0.2, 0) is 0 Å². The lowest BCUT2D eigenvalue weighted by Gasteiger charge is -2.34. The molecule has 0 bridgehead atoms. The maximum absolute atomic E-state index is 9.20. The van der Waals surface area contributed by atoms with Crippen LogP contribution in [0.3, 0.4) is 0 Å². The number of rotatable bonds is 3. The molecule has 2 N–H and O–H groups in total. The van der Waals surface area contributed by atoms with Gasteiger partial charge >= 0.3 is 0 Å². The molecule has 3 heteroatoms. The van der Waals surface area contributed by atoms with E-state index in [1.807, 2.05) is 12.1 Å². The van der Waals surface area contributed by atoms with Crippen molar-refractivity contribution in [2.24, 2.45) is 0 Å². The molecule has 1 aliphatic carbocycles. The Labute approximate surface area is 98.8 Å². The van der Waals surface area contributed by atoms with Gasteiger partial charge < -0.3 is 10.4 Å². The fourth-order valence-electron chi connectivity index (χ4n) is 1.95. The van der Waals surface area contributed by atoms with E-state index in [9.17, 15) is 5.11 Å². The lowest BCUT2D eigenvalue weighted by molar-refractivity contribution is 0.0586. The molecule has 0 heterocycles. The molecule has 1 aliphatic rings. The minimum atomic E-state index is -0.0859. The summed E-state index contributed by atoms with van der Waals surface area (Å²) in [5.41, 5.74) is 1.28. The highest BCUT2D eigenvalue weighted by Gasteiger charge is 2.28. The summed E-state index contributed by atoms with van der Waals surface area (Å²) in [4.78, 5) is 0. The van der Waals surface area contributed by atoms with E-state index in [-0.39, 0.29) is 6.10 Å². The summed E-state index contributed by atoms with van der Waals surface area (Å²) in [6.45, 7) is 2.16. The Hall–Kier alpha value is -0.380. The second kappa shape index (κ2) is 4.64. The molecule has 2 nitrogen and oxygen atoms in total. The van der Waals surface area contributed by atoms with Crippen molar-refractivity contribution in [3.63, 3.8) is 0 Å². The zero-order valence-corrected chi connectivity index (χ0v) is 10.4. The van der Waals surface area contributed by atoms with Gasteiger partial charge in [-0.1, -0.05) is 28.1 Å². The van der Waals surface area contributed by atoms with Crippen molar-refractivity contribution in [2.75, 3.05) is 0 Å². The Morgan fingerprint density at radius 2 is 2.20 bits per heavy atom. The highest BCUT2D eigenvalue weighted by atomic mass is 79.9. The van der Waals surface area contributed by atoms with Gasteiger partial charge in [-0.25, -0.2) is 0 Å². The summed E-state index contributed by atoms with van der Waals surface area (Å²) in [6.07, 6.45) is 1.69. The van der Waals surface area contributed by atoms with Crippen molar-refractivity contribution >= 4 is 15.9 Å². The van der Waals surface area contributed by atoms with E-state index in [4.69, 9.17) is 0 Å². The average Bonchev–Trinajstić information content (AvgIpc) is 2.15. The summed E-state index contributed by atoms with van der Waals surface area (Å²) < 4.78 is 1.11. The standard InChI is InChI=1S/C12H16BrNO/c1-8(14-11-6-12(15)7-11)9-3-2-4-10(13)5-9/h2-5,8,11-12,14-15H,6-7H2,1H3. The Balaban J connectivity index is 1.93. The molecule has 0 aliphatic heterocycles. The Morgan fingerprint density at radius 3 is 2.80 bits per heavy atom. The van der Waals surface area contributed by atoms with Crippen molar-refractivity contribution in [1.29, 1.82) is 0 Å². The first kappa shape index (κ1) is 11.1. The molecule has 0 amide bonds. The fraction of sp³-hybridized carbons (Fsp3) is 0.500. The van der Waals surface area contributed by atoms with Crippen LogP contribution in [0.2, 0.25) is 0 Å². The number of aliphatic hydroxyl groups is 1. The normalized spacial score (nSPS) is 27.1. The van der Waals surface area contributed by atoms with Gasteiger partial charge in [0.05, 0.1) is 6.10 Å². The van der Waals surface area contributed by atoms with E-state index in [1.54, 1.807) is 0 Å². The van der Waals surface area contributed by atoms with E-state index in [0.717, 1.165) is 17.3 Å². The predicted octanol–water partition coefficient (Wildman–Crippen LogP) is 2.62. The van der Waals surface area contributed by atoms with Gasteiger partial charge in [0, 0.05) is 16.6 Å². The van der Waals surface area contributed by atoms with Crippen LogP contribution >= 0.6 is 15.9 Å². The fourth-order valence-corrected chi connectivity index (χ4v) is 2.37. The first-order valence-electron chi connectivity index (χ1n) is 5.34. The molecule has 1 aromatic carbocycles. The van der Waals surface area contributed by atoms with Crippen LogP contribution in [0, 0.1) is 0 Å². The van der Waals surface area contributed by atoms with Crippen molar-refractivity contribution in [3.8, 4) is 0 Å². The third-order valence-electron chi connectivity index (χ3n) is 2.95. The zero-order chi connectivity index (χ0) is 10.8. The summed E-state index contributed by atoms with van der Waals surface area (Å²) in [5.74, 6) is 0. The van der Waals surface area contributed by atoms with E-state index < -0.39 is 0 Å². The molecular weight excluding hydrogens is 254 g/mol. The monoisotopic (exact) mass is 269 g/mol. The minimum absolute atomic E-state index is 0.0859. The quantitative estimate of drug-likeness (QED) is 0.885. The third-order valence-corrected chi connectivity index (χ3v) is 3.44. The number of halogens is 1. The molecule has 1 aromatic rings. The molecule has 0 spiro atoms. The summed E-state index contributed by atoms with van der Waals surface area (Å²) >= 11 is 3.47. The van der Waals surface area contributed by atoms with Crippen LogP contribution in [0.25, 0.3) is 0 Å². The van der Waals surface area contributed by atoms with E-state index in [0.29, 0.717) is 12.1 Å². The van der Waals surface area contributed by atoms with E-state index in [1.165, 1.54) is 5.56 Å². The second-order valence-electron chi connectivity index (χ2n) is 4.27. The first-order chi connectivity index (χ1) is 7.15. The average molecular weight is 270 g/mol. The molecule has 0 radical (unpaired) electrons. The highest BCUT2D eigenvalue weighted by molar-refractivity contribution is 9.10. The minimum Gasteiger partial charge on any atom is -0.393 e. The Morgan fingerprint density at radius 1 is 1.47 bits per heavy atom. The smallest absolute Gasteiger partial charge is 0.0570 e. The zero-order valence-electron chi connectivity index (χ0n) is 8.78. The van der Waals surface area contributed by atoms with Crippen LogP contribution in [0.1, 0.15) is 31.4 Å². The molecule has 82 valence electrons.